The van der Waals surface area contributed by atoms with Gasteiger partial charge in [-0.15, -0.1) is 0 Å². The lowest BCUT2D eigenvalue weighted by Crippen LogP contribution is -2.21. The largest absolute Gasteiger partial charge is 0.454 e. The van der Waals surface area contributed by atoms with Crippen molar-refractivity contribution in [1.29, 1.82) is 0 Å². The molecule has 0 saturated heterocycles. The molecule has 10 heteroatoms. The number of hydrogen-bond donors (Lipinski definition) is 2. The second-order valence-corrected chi connectivity index (χ2v) is 7.89. The highest BCUT2D eigenvalue weighted by atomic mass is 35.5. The molecule has 0 radical (unpaired) electrons. The molecule has 2 aromatic carbocycles. The summed E-state index contributed by atoms with van der Waals surface area (Å²) < 4.78 is 5.03. The van der Waals surface area contributed by atoms with E-state index < -0.39 is 23.7 Å². The van der Waals surface area contributed by atoms with Crippen LogP contribution in [0.25, 0.3) is 0 Å². The molecule has 1 unspecified atom stereocenters. The monoisotopic (exact) mass is 445 g/mol. The zero-order chi connectivity index (χ0) is 21.7. The number of amides is 2. The Kier molecular flexibility index (Phi) is 6.86. The Morgan fingerprint density at radius 1 is 1.07 bits per heavy atom. The average Bonchev–Trinajstić information content (AvgIpc) is 3.03. The molecule has 0 spiro atoms. The number of rotatable bonds is 7. The molecule has 3 rings (SSSR count). The van der Waals surface area contributed by atoms with E-state index in [1.165, 1.54) is 24.3 Å². The summed E-state index contributed by atoms with van der Waals surface area (Å²) in [5, 5.41) is 2.66. The molecule has 0 saturated carbocycles. The Bertz CT molecular complexity index is 1020. The number of benzene rings is 2. The first-order valence-electron chi connectivity index (χ1n) is 8.72. The van der Waals surface area contributed by atoms with Gasteiger partial charge in [0.1, 0.15) is 5.25 Å². The van der Waals surface area contributed by atoms with E-state index in [-0.39, 0.29) is 28.8 Å². The summed E-state index contributed by atoms with van der Waals surface area (Å²) in [6.07, 6.45) is -0.0652. The first-order chi connectivity index (χ1) is 14.3. The van der Waals surface area contributed by atoms with Crippen molar-refractivity contribution in [2.75, 3.05) is 11.9 Å². The summed E-state index contributed by atoms with van der Waals surface area (Å²) in [5.41, 5.74) is 6.51. The highest BCUT2D eigenvalue weighted by molar-refractivity contribution is 8.15. The van der Waals surface area contributed by atoms with E-state index in [0.717, 1.165) is 11.8 Å². The van der Waals surface area contributed by atoms with Gasteiger partial charge in [0.15, 0.2) is 17.6 Å². The molecule has 1 aliphatic rings. The highest BCUT2D eigenvalue weighted by Crippen LogP contribution is 2.23. The molecule has 0 aromatic heterocycles. The smallest absolute Gasteiger partial charge is 0.338 e. The lowest BCUT2D eigenvalue weighted by molar-refractivity contribution is -0.121. The zero-order valence-corrected chi connectivity index (χ0v) is 17.0. The molecule has 0 bridgehead atoms. The molecule has 1 heterocycles. The van der Waals surface area contributed by atoms with Crippen LogP contribution in [-0.4, -0.2) is 40.6 Å². The van der Waals surface area contributed by atoms with Gasteiger partial charge in [-0.3, -0.25) is 14.4 Å². The van der Waals surface area contributed by atoms with Gasteiger partial charge in [-0.2, -0.15) is 4.99 Å². The first-order valence-corrected chi connectivity index (χ1v) is 9.98. The van der Waals surface area contributed by atoms with Crippen molar-refractivity contribution in [3.8, 4) is 0 Å². The lowest BCUT2D eigenvalue weighted by Gasteiger charge is -2.09. The zero-order valence-electron chi connectivity index (χ0n) is 15.5. The van der Waals surface area contributed by atoms with Gasteiger partial charge >= 0.3 is 5.97 Å². The van der Waals surface area contributed by atoms with Gasteiger partial charge < -0.3 is 15.8 Å². The summed E-state index contributed by atoms with van der Waals surface area (Å²) in [6, 6.07) is 12.2. The summed E-state index contributed by atoms with van der Waals surface area (Å²) in [5.74, 6) is -1.84. The summed E-state index contributed by atoms with van der Waals surface area (Å²) in [7, 11) is 0. The van der Waals surface area contributed by atoms with Gasteiger partial charge in [-0.25, -0.2) is 4.79 Å². The molecule has 2 amide bonds. The normalized spacial score (nSPS) is 15.4. The molecule has 154 valence electrons. The maximum atomic E-state index is 12.1. The van der Waals surface area contributed by atoms with Gasteiger partial charge in [-0.05, 0) is 48.5 Å². The number of esters is 1. The number of halogens is 1. The van der Waals surface area contributed by atoms with E-state index in [4.69, 9.17) is 22.1 Å². The predicted octanol–water partition coefficient (Wildman–Crippen LogP) is 2.67. The third-order valence-corrected chi connectivity index (χ3v) is 5.27. The Morgan fingerprint density at radius 3 is 2.30 bits per heavy atom. The quantitative estimate of drug-likeness (QED) is 0.495. The SMILES string of the molecule is NC1=NC(=O)C(CC(=O)Nc2ccc(C(=O)OCC(=O)c3ccc(Cl)cc3)cc2)S1. The van der Waals surface area contributed by atoms with Crippen LogP contribution in [0.3, 0.4) is 0 Å². The van der Waals surface area contributed by atoms with Gasteiger partial charge in [0.05, 0.1) is 5.56 Å². The fraction of sp³-hybridized carbons (Fsp3) is 0.150. The number of amidine groups is 1. The molecule has 0 aliphatic carbocycles. The molecule has 3 N–H and O–H groups in total. The number of ether oxygens (including phenoxy) is 1. The third-order valence-electron chi connectivity index (χ3n) is 4.03. The minimum absolute atomic E-state index is 0.0652. The van der Waals surface area contributed by atoms with Crippen LogP contribution in [0.1, 0.15) is 27.1 Å². The standard InChI is InChI=1S/C20H16ClN3O5S/c21-13-5-1-11(2-6-13)15(25)10-29-19(28)12-3-7-14(8-4-12)23-17(26)9-16-18(27)24-20(22)30-16/h1-8,16H,9-10H2,(H,23,26)(H2,22,24,27). The minimum Gasteiger partial charge on any atom is -0.454 e. The Hall–Kier alpha value is -3.17. The van der Waals surface area contributed by atoms with E-state index in [9.17, 15) is 19.2 Å². The van der Waals surface area contributed by atoms with Gasteiger partial charge in [0.2, 0.25) is 5.91 Å². The number of nitrogens with zero attached hydrogens (tertiary/aromatic N) is 1. The van der Waals surface area contributed by atoms with Crippen molar-refractivity contribution in [1.82, 2.24) is 0 Å². The number of thioether (sulfide) groups is 1. The van der Waals surface area contributed by atoms with Crippen LogP contribution in [-0.2, 0) is 14.3 Å². The number of anilines is 1. The number of carbonyl (C=O) groups excluding carboxylic acids is 4. The molecular formula is C20H16ClN3O5S. The van der Waals surface area contributed by atoms with Crippen molar-refractivity contribution in [2.24, 2.45) is 10.7 Å². The second-order valence-electron chi connectivity index (χ2n) is 6.23. The number of carbonyl (C=O) groups is 4. The van der Waals surface area contributed by atoms with Crippen molar-refractivity contribution < 1.29 is 23.9 Å². The number of Topliss-reactive ketones (excluding diaryl/α,β-unsaturated/α-hetero) is 1. The maximum absolute atomic E-state index is 12.1. The van der Waals surface area contributed by atoms with E-state index in [1.807, 2.05) is 0 Å². The van der Waals surface area contributed by atoms with Crippen LogP contribution in [0.5, 0.6) is 0 Å². The predicted molar refractivity (Wildman–Crippen MR) is 114 cm³/mol. The molecule has 1 atom stereocenters. The number of aliphatic imine (C=N–C) groups is 1. The number of nitrogens with one attached hydrogen (secondary N) is 1. The average molecular weight is 446 g/mol. The van der Waals surface area contributed by atoms with Gasteiger partial charge in [0, 0.05) is 22.7 Å². The van der Waals surface area contributed by atoms with E-state index >= 15 is 0 Å². The molecule has 8 nitrogen and oxygen atoms in total. The van der Waals surface area contributed by atoms with Gasteiger partial charge in [-0.1, -0.05) is 23.4 Å². The Labute approximate surface area is 180 Å². The van der Waals surface area contributed by atoms with Crippen LogP contribution < -0.4 is 11.1 Å². The topological polar surface area (TPSA) is 128 Å². The first kappa shape index (κ1) is 21.5. The van der Waals surface area contributed by atoms with E-state index in [1.54, 1.807) is 24.3 Å². The Morgan fingerprint density at radius 2 is 1.70 bits per heavy atom. The molecule has 2 aromatic rings. The molecular weight excluding hydrogens is 430 g/mol. The van der Waals surface area contributed by atoms with Gasteiger partial charge in [0.25, 0.3) is 5.91 Å². The van der Waals surface area contributed by atoms with Crippen LogP contribution in [0.2, 0.25) is 5.02 Å². The molecule has 0 fully saturated rings. The second kappa shape index (κ2) is 9.55. The maximum Gasteiger partial charge on any atom is 0.338 e. The molecule has 1 aliphatic heterocycles. The lowest BCUT2D eigenvalue weighted by atomic mass is 10.1. The number of hydrogen-bond acceptors (Lipinski definition) is 7. The van der Waals surface area contributed by atoms with Crippen molar-refractivity contribution >= 4 is 57.8 Å². The van der Waals surface area contributed by atoms with Crippen LogP contribution in [0.4, 0.5) is 5.69 Å². The summed E-state index contributed by atoms with van der Waals surface area (Å²) in [4.78, 5) is 51.4. The number of nitrogens with two attached hydrogens (primary N) is 1. The number of ketones is 1. The summed E-state index contributed by atoms with van der Waals surface area (Å²) >= 11 is 6.82. The minimum atomic E-state index is -0.671. The third kappa shape index (κ3) is 5.68. The highest BCUT2D eigenvalue weighted by Gasteiger charge is 2.29. The Balaban J connectivity index is 1.49. The van der Waals surface area contributed by atoms with Crippen LogP contribution in [0, 0.1) is 0 Å². The van der Waals surface area contributed by atoms with Crippen molar-refractivity contribution in [3.05, 3.63) is 64.7 Å². The van der Waals surface area contributed by atoms with E-state index in [0.29, 0.717) is 16.3 Å². The molecule has 30 heavy (non-hydrogen) atoms. The van der Waals surface area contributed by atoms with Crippen molar-refractivity contribution in [3.63, 3.8) is 0 Å². The van der Waals surface area contributed by atoms with Crippen LogP contribution >= 0.6 is 23.4 Å². The van der Waals surface area contributed by atoms with E-state index in [2.05, 4.69) is 10.3 Å². The van der Waals surface area contributed by atoms with Crippen LogP contribution in [0.15, 0.2) is 53.5 Å². The summed E-state index contributed by atoms with van der Waals surface area (Å²) in [6.45, 7) is -0.406. The van der Waals surface area contributed by atoms with Crippen molar-refractivity contribution in [2.45, 2.75) is 11.7 Å². The fourth-order valence-electron chi connectivity index (χ4n) is 2.54. The fourth-order valence-corrected chi connectivity index (χ4v) is 3.48.